The van der Waals surface area contributed by atoms with Crippen molar-refractivity contribution >= 4 is 21.8 Å². The maximum atomic E-state index is 10.9. The SMILES string of the molecule is Cc1occc1-c1nnc(SCCNS(C)(=O)=O)n1N. The maximum Gasteiger partial charge on any atom is 0.210 e. The molecule has 2 aromatic heterocycles. The molecule has 110 valence electrons. The second-order valence-electron chi connectivity index (χ2n) is 4.08. The molecule has 0 aliphatic rings. The standard InChI is InChI=1S/C10H15N5O3S2/c1-7-8(3-5-18-7)9-13-14-10(15(9)11)19-6-4-12-20(2,16)17/h3,5,12H,4,6,11H2,1-2H3. The Morgan fingerprint density at radius 2 is 2.25 bits per heavy atom. The molecule has 0 saturated heterocycles. The summed E-state index contributed by atoms with van der Waals surface area (Å²) in [6.07, 6.45) is 2.67. The van der Waals surface area contributed by atoms with Gasteiger partial charge in [0, 0.05) is 12.3 Å². The smallest absolute Gasteiger partial charge is 0.210 e. The molecule has 2 aromatic rings. The van der Waals surface area contributed by atoms with Gasteiger partial charge in [-0.15, -0.1) is 10.2 Å². The van der Waals surface area contributed by atoms with Crippen molar-refractivity contribution < 1.29 is 12.8 Å². The Bertz CT molecular complexity index is 692. The van der Waals surface area contributed by atoms with E-state index in [2.05, 4.69) is 14.9 Å². The van der Waals surface area contributed by atoms with Crippen LogP contribution in [-0.2, 0) is 10.0 Å². The van der Waals surface area contributed by atoms with Crippen LogP contribution < -0.4 is 10.6 Å². The lowest BCUT2D eigenvalue weighted by atomic mass is 10.2. The Labute approximate surface area is 120 Å². The Morgan fingerprint density at radius 1 is 1.50 bits per heavy atom. The molecule has 0 radical (unpaired) electrons. The van der Waals surface area contributed by atoms with E-state index < -0.39 is 10.0 Å². The van der Waals surface area contributed by atoms with Crippen molar-refractivity contribution in [2.24, 2.45) is 0 Å². The molecule has 0 fully saturated rings. The fraction of sp³-hybridized carbons (Fsp3) is 0.400. The number of nitrogens with one attached hydrogen (secondary N) is 1. The van der Waals surface area contributed by atoms with Gasteiger partial charge in [0.1, 0.15) is 5.76 Å². The van der Waals surface area contributed by atoms with E-state index in [0.29, 0.717) is 29.0 Å². The molecule has 2 rings (SSSR count). The zero-order valence-electron chi connectivity index (χ0n) is 11.0. The number of sulfonamides is 1. The van der Waals surface area contributed by atoms with Crippen LogP contribution in [0, 0.1) is 6.92 Å². The fourth-order valence-corrected chi connectivity index (χ4v) is 2.86. The van der Waals surface area contributed by atoms with Crippen molar-refractivity contribution in [3.05, 3.63) is 18.1 Å². The van der Waals surface area contributed by atoms with Gasteiger partial charge in [0.2, 0.25) is 15.2 Å². The summed E-state index contributed by atoms with van der Waals surface area (Å²) in [6.45, 7) is 2.11. The second-order valence-corrected chi connectivity index (χ2v) is 6.98. The van der Waals surface area contributed by atoms with Crippen LogP contribution >= 0.6 is 11.8 Å². The van der Waals surface area contributed by atoms with Crippen LogP contribution in [0.2, 0.25) is 0 Å². The number of nitrogens with two attached hydrogens (primary N) is 1. The predicted molar refractivity (Wildman–Crippen MR) is 76.2 cm³/mol. The third-order valence-electron chi connectivity index (χ3n) is 2.46. The number of nitrogen functional groups attached to an aromatic ring is 1. The number of aryl methyl sites for hydroxylation is 1. The summed E-state index contributed by atoms with van der Waals surface area (Å²) in [5, 5.41) is 8.50. The van der Waals surface area contributed by atoms with E-state index in [-0.39, 0.29) is 0 Å². The second kappa shape index (κ2) is 5.85. The number of hydrogen-bond donors (Lipinski definition) is 2. The van der Waals surface area contributed by atoms with Gasteiger partial charge in [-0.2, -0.15) is 0 Å². The highest BCUT2D eigenvalue weighted by Crippen LogP contribution is 2.24. The van der Waals surface area contributed by atoms with Gasteiger partial charge in [-0.25, -0.2) is 17.8 Å². The molecular formula is C10H15N5O3S2. The number of aromatic nitrogens is 3. The van der Waals surface area contributed by atoms with Gasteiger partial charge in [-0.1, -0.05) is 11.8 Å². The minimum Gasteiger partial charge on any atom is -0.469 e. The molecule has 2 heterocycles. The molecule has 0 aliphatic heterocycles. The quantitative estimate of drug-likeness (QED) is 0.444. The first-order valence-corrected chi connectivity index (χ1v) is 8.58. The molecule has 0 bridgehead atoms. The zero-order valence-corrected chi connectivity index (χ0v) is 12.7. The molecule has 0 saturated carbocycles. The van der Waals surface area contributed by atoms with E-state index in [4.69, 9.17) is 10.3 Å². The van der Waals surface area contributed by atoms with E-state index in [0.717, 1.165) is 11.8 Å². The van der Waals surface area contributed by atoms with Crippen molar-refractivity contribution in [1.82, 2.24) is 19.6 Å². The van der Waals surface area contributed by atoms with E-state index >= 15 is 0 Å². The Morgan fingerprint density at radius 3 is 2.85 bits per heavy atom. The van der Waals surface area contributed by atoms with E-state index in [1.165, 1.54) is 16.4 Å². The summed E-state index contributed by atoms with van der Waals surface area (Å²) >= 11 is 1.32. The summed E-state index contributed by atoms with van der Waals surface area (Å²) in [6, 6.07) is 1.77. The summed E-state index contributed by atoms with van der Waals surface area (Å²) < 4.78 is 30.8. The van der Waals surface area contributed by atoms with Crippen molar-refractivity contribution in [1.29, 1.82) is 0 Å². The maximum absolute atomic E-state index is 10.9. The number of furan rings is 1. The van der Waals surface area contributed by atoms with Gasteiger partial charge >= 0.3 is 0 Å². The summed E-state index contributed by atoms with van der Waals surface area (Å²) in [5.74, 6) is 7.65. The van der Waals surface area contributed by atoms with Crippen LogP contribution in [-0.4, -0.2) is 41.8 Å². The van der Waals surface area contributed by atoms with E-state index in [9.17, 15) is 8.42 Å². The number of hydrogen-bond acceptors (Lipinski definition) is 7. The van der Waals surface area contributed by atoms with Gasteiger partial charge in [-0.3, -0.25) is 0 Å². The first kappa shape index (κ1) is 14.9. The zero-order chi connectivity index (χ0) is 14.8. The number of thioether (sulfide) groups is 1. The van der Waals surface area contributed by atoms with Gasteiger partial charge in [-0.05, 0) is 13.0 Å². The van der Waals surface area contributed by atoms with Crippen LogP contribution in [0.1, 0.15) is 5.76 Å². The third kappa shape index (κ3) is 3.52. The van der Waals surface area contributed by atoms with Crippen molar-refractivity contribution in [2.75, 3.05) is 24.4 Å². The third-order valence-corrected chi connectivity index (χ3v) is 4.14. The highest BCUT2D eigenvalue weighted by molar-refractivity contribution is 7.99. The van der Waals surface area contributed by atoms with Gasteiger partial charge in [0.25, 0.3) is 0 Å². The highest BCUT2D eigenvalue weighted by Gasteiger charge is 2.15. The molecule has 10 heteroatoms. The monoisotopic (exact) mass is 317 g/mol. The molecular weight excluding hydrogens is 302 g/mol. The largest absolute Gasteiger partial charge is 0.469 e. The lowest BCUT2D eigenvalue weighted by Crippen LogP contribution is -2.24. The minimum absolute atomic E-state index is 0.302. The van der Waals surface area contributed by atoms with Crippen molar-refractivity contribution in [3.8, 4) is 11.4 Å². The van der Waals surface area contributed by atoms with Crippen LogP contribution in [0.5, 0.6) is 0 Å². The molecule has 0 aliphatic carbocycles. The Hall–Kier alpha value is -1.52. The molecule has 0 amide bonds. The van der Waals surface area contributed by atoms with E-state index in [1.807, 2.05) is 6.92 Å². The first-order chi connectivity index (χ1) is 9.38. The predicted octanol–water partition coefficient (Wildman–Crippen LogP) is 0.202. The fourth-order valence-electron chi connectivity index (χ4n) is 1.55. The average molecular weight is 317 g/mol. The molecule has 0 atom stereocenters. The molecule has 3 N–H and O–H groups in total. The van der Waals surface area contributed by atoms with Gasteiger partial charge in [0.05, 0.1) is 18.1 Å². The van der Waals surface area contributed by atoms with Gasteiger partial charge in [0.15, 0.2) is 5.82 Å². The minimum atomic E-state index is -3.17. The van der Waals surface area contributed by atoms with Crippen LogP contribution in [0.3, 0.4) is 0 Å². The lowest BCUT2D eigenvalue weighted by Gasteiger charge is -2.03. The normalized spacial score (nSPS) is 11.9. The van der Waals surface area contributed by atoms with Crippen LogP contribution in [0.15, 0.2) is 21.9 Å². The van der Waals surface area contributed by atoms with Crippen molar-refractivity contribution in [2.45, 2.75) is 12.1 Å². The summed E-state index contributed by atoms with van der Waals surface area (Å²) in [5.41, 5.74) is 0.779. The van der Waals surface area contributed by atoms with Gasteiger partial charge < -0.3 is 10.3 Å². The molecule has 0 unspecified atom stereocenters. The molecule has 20 heavy (non-hydrogen) atoms. The summed E-state index contributed by atoms with van der Waals surface area (Å²) in [7, 11) is -3.17. The Balaban J connectivity index is 2.01. The van der Waals surface area contributed by atoms with Crippen LogP contribution in [0.25, 0.3) is 11.4 Å². The number of rotatable bonds is 6. The van der Waals surface area contributed by atoms with E-state index in [1.54, 1.807) is 12.3 Å². The molecule has 0 aromatic carbocycles. The molecule has 0 spiro atoms. The summed E-state index contributed by atoms with van der Waals surface area (Å²) in [4.78, 5) is 0. The average Bonchev–Trinajstić information content (AvgIpc) is 2.91. The van der Waals surface area contributed by atoms with Crippen LogP contribution in [0.4, 0.5) is 0 Å². The van der Waals surface area contributed by atoms with Crippen molar-refractivity contribution in [3.63, 3.8) is 0 Å². The molecule has 8 nitrogen and oxygen atoms in total. The first-order valence-electron chi connectivity index (χ1n) is 5.71. The topological polar surface area (TPSA) is 116 Å². The number of nitrogens with zero attached hydrogens (tertiary/aromatic N) is 3. The highest BCUT2D eigenvalue weighted by atomic mass is 32.2. The Kier molecular flexibility index (Phi) is 4.35. The lowest BCUT2D eigenvalue weighted by molar-refractivity contribution is 0.535.